The Balaban J connectivity index is 1.73. The van der Waals surface area contributed by atoms with Crippen LogP contribution in [-0.2, 0) is 6.42 Å². The molecule has 3 heteroatoms. The quantitative estimate of drug-likeness (QED) is 0.713. The first-order valence-corrected chi connectivity index (χ1v) is 7.74. The van der Waals surface area contributed by atoms with Gasteiger partial charge < -0.3 is 9.72 Å². The molecule has 1 aliphatic rings. The number of rotatable bonds is 2. The molecule has 0 spiro atoms. The van der Waals surface area contributed by atoms with Gasteiger partial charge >= 0.3 is 0 Å². The molecule has 3 nitrogen and oxygen atoms in total. The first kappa shape index (κ1) is 13.8. The fourth-order valence-corrected chi connectivity index (χ4v) is 3.17. The minimum atomic E-state index is 0.110. The van der Waals surface area contributed by atoms with Crippen LogP contribution < -0.4 is 4.74 Å². The van der Waals surface area contributed by atoms with E-state index < -0.39 is 0 Å². The fraction of sp³-hybridized carbons (Fsp3) is 0.150. The van der Waals surface area contributed by atoms with Gasteiger partial charge in [-0.2, -0.15) is 0 Å². The number of benzene rings is 2. The fourth-order valence-electron chi connectivity index (χ4n) is 3.17. The number of Topliss-reactive ketones (excluding diaryl/α,β-unsaturated/α-hetero) is 1. The number of ketones is 1. The molecule has 0 atom stereocenters. The number of allylic oxidation sites excluding steroid dienone is 1. The van der Waals surface area contributed by atoms with Gasteiger partial charge in [0.05, 0.1) is 7.11 Å². The normalized spacial score (nSPS) is 15.9. The molecule has 0 fully saturated rings. The Morgan fingerprint density at radius 1 is 1.09 bits per heavy atom. The predicted octanol–water partition coefficient (Wildman–Crippen LogP) is 4.39. The van der Waals surface area contributed by atoms with Gasteiger partial charge in [-0.15, -0.1) is 0 Å². The lowest BCUT2D eigenvalue weighted by molar-refractivity contribution is 0.102. The number of hydrogen-bond acceptors (Lipinski definition) is 2. The molecule has 0 aliphatic heterocycles. The van der Waals surface area contributed by atoms with Gasteiger partial charge in [-0.25, -0.2) is 0 Å². The van der Waals surface area contributed by atoms with Crippen LogP contribution in [0.4, 0.5) is 0 Å². The Bertz CT molecular complexity index is 934. The van der Waals surface area contributed by atoms with E-state index in [0.717, 1.165) is 51.8 Å². The Morgan fingerprint density at radius 3 is 2.87 bits per heavy atom. The van der Waals surface area contributed by atoms with E-state index in [9.17, 15) is 4.79 Å². The maximum Gasteiger partial charge on any atom is 0.189 e. The second-order valence-electron chi connectivity index (χ2n) is 5.85. The lowest BCUT2D eigenvalue weighted by atomic mass is 9.86. The van der Waals surface area contributed by atoms with Gasteiger partial charge in [0.2, 0.25) is 0 Å². The van der Waals surface area contributed by atoms with Crippen LogP contribution >= 0.6 is 0 Å². The molecule has 0 amide bonds. The number of H-pyrrole nitrogens is 1. The van der Waals surface area contributed by atoms with E-state index in [0.29, 0.717) is 0 Å². The SMILES string of the molecule is COc1ccc2c(c1)C(=O)/C(=C/c1ccc3[nH]ccc3c1)CC2. The van der Waals surface area contributed by atoms with Gasteiger partial charge in [0.15, 0.2) is 5.78 Å². The highest BCUT2D eigenvalue weighted by Crippen LogP contribution is 2.29. The molecule has 0 bridgehead atoms. The zero-order chi connectivity index (χ0) is 15.8. The number of carbonyl (C=O) groups is 1. The average molecular weight is 303 g/mol. The highest BCUT2D eigenvalue weighted by Gasteiger charge is 2.22. The molecule has 2 aromatic carbocycles. The molecule has 1 aliphatic carbocycles. The van der Waals surface area contributed by atoms with Crippen molar-refractivity contribution in [1.29, 1.82) is 0 Å². The van der Waals surface area contributed by atoms with Crippen LogP contribution in [-0.4, -0.2) is 17.9 Å². The molecular formula is C20H17NO2. The minimum Gasteiger partial charge on any atom is -0.497 e. The van der Waals surface area contributed by atoms with Crippen LogP contribution in [0.15, 0.2) is 54.2 Å². The van der Waals surface area contributed by atoms with E-state index in [-0.39, 0.29) is 5.78 Å². The Hall–Kier alpha value is -2.81. The number of carbonyl (C=O) groups excluding carboxylic acids is 1. The van der Waals surface area contributed by atoms with Crippen LogP contribution in [0, 0.1) is 0 Å². The third kappa shape index (κ3) is 2.44. The Labute approximate surface area is 134 Å². The summed E-state index contributed by atoms with van der Waals surface area (Å²) in [5.74, 6) is 0.839. The lowest BCUT2D eigenvalue weighted by Crippen LogP contribution is -2.14. The summed E-state index contributed by atoms with van der Waals surface area (Å²) in [6.07, 6.45) is 5.61. The third-order valence-electron chi connectivity index (χ3n) is 4.44. The van der Waals surface area contributed by atoms with Crippen molar-refractivity contribution in [3.05, 3.63) is 70.9 Å². The first-order chi connectivity index (χ1) is 11.2. The minimum absolute atomic E-state index is 0.110. The zero-order valence-electron chi connectivity index (χ0n) is 12.9. The molecule has 1 N–H and O–H groups in total. The second kappa shape index (κ2) is 5.43. The van der Waals surface area contributed by atoms with Gasteiger partial charge in [0, 0.05) is 22.9 Å². The molecule has 1 heterocycles. The van der Waals surface area contributed by atoms with Crippen molar-refractivity contribution in [2.24, 2.45) is 0 Å². The molecule has 3 aromatic rings. The molecule has 0 saturated carbocycles. The molecule has 23 heavy (non-hydrogen) atoms. The Kier molecular flexibility index (Phi) is 3.27. The maximum atomic E-state index is 12.8. The summed E-state index contributed by atoms with van der Waals surface area (Å²) in [6, 6.07) is 14.0. The zero-order valence-corrected chi connectivity index (χ0v) is 12.9. The first-order valence-electron chi connectivity index (χ1n) is 7.74. The van der Waals surface area contributed by atoms with Gasteiger partial charge in [-0.05, 0) is 65.8 Å². The molecule has 4 rings (SSSR count). The summed E-state index contributed by atoms with van der Waals surface area (Å²) in [5, 5.41) is 1.16. The summed E-state index contributed by atoms with van der Waals surface area (Å²) >= 11 is 0. The largest absolute Gasteiger partial charge is 0.497 e. The number of hydrogen-bond donors (Lipinski definition) is 1. The molecule has 0 radical (unpaired) electrons. The van der Waals surface area contributed by atoms with Crippen LogP contribution in [0.2, 0.25) is 0 Å². The van der Waals surface area contributed by atoms with Crippen molar-refractivity contribution in [3.63, 3.8) is 0 Å². The molecule has 0 unspecified atom stereocenters. The van der Waals surface area contributed by atoms with Crippen molar-refractivity contribution in [2.45, 2.75) is 12.8 Å². The molecule has 0 saturated heterocycles. The third-order valence-corrected chi connectivity index (χ3v) is 4.44. The summed E-state index contributed by atoms with van der Waals surface area (Å²) in [7, 11) is 1.62. The van der Waals surface area contributed by atoms with Crippen LogP contribution in [0.3, 0.4) is 0 Å². The van der Waals surface area contributed by atoms with E-state index in [1.54, 1.807) is 7.11 Å². The van der Waals surface area contributed by atoms with E-state index in [4.69, 9.17) is 4.74 Å². The predicted molar refractivity (Wildman–Crippen MR) is 91.9 cm³/mol. The van der Waals surface area contributed by atoms with E-state index in [2.05, 4.69) is 11.1 Å². The van der Waals surface area contributed by atoms with E-state index in [1.165, 1.54) is 0 Å². The maximum absolute atomic E-state index is 12.8. The van der Waals surface area contributed by atoms with Crippen molar-refractivity contribution in [1.82, 2.24) is 4.98 Å². The number of ether oxygens (including phenoxy) is 1. The topological polar surface area (TPSA) is 42.1 Å². The summed E-state index contributed by atoms with van der Waals surface area (Å²) < 4.78 is 5.25. The van der Waals surface area contributed by atoms with Gasteiger partial charge in [-0.3, -0.25) is 4.79 Å². The van der Waals surface area contributed by atoms with Crippen LogP contribution in [0.25, 0.3) is 17.0 Å². The second-order valence-corrected chi connectivity index (χ2v) is 5.85. The number of methoxy groups -OCH3 is 1. The highest BCUT2D eigenvalue weighted by molar-refractivity contribution is 6.13. The molecular weight excluding hydrogens is 286 g/mol. The van der Waals surface area contributed by atoms with Gasteiger partial charge in [-0.1, -0.05) is 12.1 Å². The average Bonchev–Trinajstić information content (AvgIpc) is 3.05. The lowest BCUT2D eigenvalue weighted by Gasteiger charge is -2.18. The number of aromatic nitrogens is 1. The number of nitrogens with one attached hydrogen (secondary N) is 1. The van der Waals surface area contributed by atoms with Crippen molar-refractivity contribution in [3.8, 4) is 5.75 Å². The van der Waals surface area contributed by atoms with Crippen molar-refractivity contribution >= 4 is 22.8 Å². The molecule has 1 aromatic heterocycles. The van der Waals surface area contributed by atoms with Gasteiger partial charge in [0.25, 0.3) is 0 Å². The summed E-state index contributed by atoms with van der Waals surface area (Å²) in [6.45, 7) is 0. The van der Waals surface area contributed by atoms with Gasteiger partial charge in [0.1, 0.15) is 5.75 Å². The monoisotopic (exact) mass is 303 g/mol. The summed E-state index contributed by atoms with van der Waals surface area (Å²) in [5.41, 5.74) is 4.91. The van der Waals surface area contributed by atoms with Crippen LogP contribution in [0.1, 0.15) is 27.9 Å². The molecule has 114 valence electrons. The smallest absolute Gasteiger partial charge is 0.189 e. The standard InChI is InChI=1S/C20H17NO2/c1-23-17-6-5-14-3-4-16(20(22)18(14)12-17)11-13-2-7-19-15(10-13)8-9-21-19/h2,5-12,21H,3-4H2,1H3/b16-11+. The Morgan fingerprint density at radius 2 is 2.00 bits per heavy atom. The van der Waals surface area contributed by atoms with Crippen LogP contribution in [0.5, 0.6) is 5.75 Å². The number of aryl methyl sites for hydroxylation is 1. The number of aromatic amines is 1. The summed E-state index contributed by atoms with van der Waals surface area (Å²) in [4.78, 5) is 16.0. The van der Waals surface area contributed by atoms with E-state index in [1.807, 2.05) is 48.7 Å². The number of fused-ring (bicyclic) bond motifs is 2. The highest BCUT2D eigenvalue weighted by atomic mass is 16.5. The van der Waals surface area contributed by atoms with Crippen molar-refractivity contribution in [2.75, 3.05) is 7.11 Å². The van der Waals surface area contributed by atoms with E-state index >= 15 is 0 Å². The van der Waals surface area contributed by atoms with Crippen molar-refractivity contribution < 1.29 is 9.53 Å².